The summed E-state index contributed by atoms with van der Waals surface area (Å²) in [6, 6.07) is 0.778. The summed E-state index contributed by atoms with van der Waals surface area (Å²) in [6.07, 6.45) is 5.11. The van der Waals surface area contributed by atoms with Crippen LogP contribution in [-0.4, -0.2) is 23.8 Å². The average Bonchev–Trinajstić information content (AvgIpc) is 2.05. The van der Waals surface area contributed by atoms with Crippen LogP contribution in [-0.2, 0) is 0 Å². The molecule has 0 amide bonds. The van der Waals surface area contributed by atoms with Crippen molar-refractivity contribution in [3.63, 3.8) is 0 Å². The van der Waals surface area contributed by atoms with Crippen LogP contribution >= 0.6 is 0 Å². The highest BCUT2D eigenvalue weighted by Crippen LogP contribution is 2.03. The number of nitrogens with one attached hydrogen (secondary N) is 1. The fourth-order valence-corrected chi connectivity index (χ4v) is 1.32. The van der Waals surface area contributed by atoms with Crippen LogP contribution in [0.15, 0.2) is 0 Å². The van der Waals surface area contributed by atoms with Crippen molar-refractivity contribution in [2.24, 2.45) is 0 Å². The normalized spacial score (nSPS) is 16.0. The lowest BCUT2D eigenvalue weighted by Gasteiger charge is -2.17. The summed E-state index contributed by atoms with van der Waals surface area (Å²) in [5, 5.41) is 12.1. The third-order valence-corrected chi connectivity index (χ3v) is 2.08. The molecule has 0 aliphatic heterocycles. The molecular weight excluding hydrogens is 150 g/mol. The van der Waals surface area contributed by atoms with Crippen LogP contribution in [0.3, 0.4) is 0 Å². The van der Waals surface area contributed by atoms with Crippen LogP contribution in [0.2, 0.25) is 0 Å². The highest BCUT2D eigenvalue weighted by molar-refractivity contribution is 4.66. The van der Waals surface area contributed by atoms with E-state index in [-0.39, 0.29) is 12.6 Å². The van der Waals surface area contributed by atoms with Gasteiger partial charge in [0, 0.05) is 12.1 Å². The Morgan fingerprint density at radius 1 is 1.17 bits per heavy atom. The Labute approximate surface area is 76.4 Å². The Morgan fingerprint density at radius 3 is 2.33 bits per heavy atom. The van der Waals surface area contributed by atoms with E-state index in [1.807, 2.05) is 6.92 Å². The fraction of sp³-hybridized carbons (Fsp3) is 1.00. The Kier molecular flexibility index (Phi) is 7.51. The smallest absolute Gasteiger partial charge is 0.0582 e. The highest BCUT2D eigenvalue weighted by Gasteiger charge is 2.04. The number of unbranched alkanes of at least 4 members (excludes halogenated alkanes) is 2. The van der Waals surface area contributed by atoms with E-state index < -0.39 is 0 Å². The Bertz CT molecular complexity index is 95.8. The summed E-state index contributed by atoms with van der Waals surface area (Å²) in [7, 11) is 0. The Morgan fingerprint density at radius 2 is 1.83 bits per heavy atom. The quantitative estimate of drug-likeness (QED) is 0.577. The van der Waals surface area contributed by atoms with Gasteiger partial charge in [0.05, 0.1) is 6.61 Å². The van der Waals surface area contributed by atoms with Crippen LogP contribution < -0.4 is 5.32 Å². The number of hydrogen-bond acceptors (Lipinski definition) is 2. The van der Waals surface area contributed by atoms with Gasteiger partial charge < -0.3 is 10.4 Å². The van der Waals surface area contributed by atoms with Crippen molar-refractivity contribution in [3.8, 4) is 0 Å². The Hall–Kier alpha value is -0.0800. The number of rotatable bonds is 7. The van der Waals surface area contributed by atoms with Gasteiger partial charge in [-0.3, -0.25) is 0 Å². The van der Waals surface area contributed by atoms with Crippen molar-refractivity contribution in [2.75, 3.05) is 6.61 Å². The predicted octanol–water partition coefficient (Wildman–Crippen LogP) is 1.93. The largest absolute Gasteiger partial charge is 0.395 e. The third-order valence-electron chi connectivity index (χ3n) is 2.08. The molecule has 0 heterocycles. The van der Waals surface area contributed by atoms with Crippen LogP contribution in [0, 0.1) is 0 Å². The molecule has 2 N–H and O–H groups in total. The van der Waals surface area contributed by atoms with Gasteiger partial charge in [0.15, 0.2) is 0 Å². The molecule has 2 heteroatoms. The minimum Gasteiger partial charge on any atom is -0.395 e. The first kappa shape index (κ1) is 11.9. The van der Waals surface area contributed by atoms with Gasteiger partial charge in [0.2, 0.25) is 0 Å². The van der Waals surface area contributed by atoms with E-state index in [9.17, 15) is 0 Å². The molecule has 0 spiro atoms. The van der Waals surface area contributed by atoms with Crippen LogP contribution in [0.1, 0.15) is 46.5 Å². The molecule has 0 aromatic carbocycles. The van der Waals surface area contributed by atoms with Crippen LogP contribution in [0.25, 0.3) is 0 Å². The second-order valence-corrected chi connectivity index (χ2v) is 3.65. The third kappa shape index (κ3) is 6.62. The maximum atomic E-state index is 8.79. The van der Waals surface area contributed by atoms with Gasteiger partial charge in [-0.2, -0.15) is 0 Å². The first-order valence-electron chi connectivity index (χ1n) is 5.07. The maximum Gasteiger partial charge on any atom is 0.0582 e. The predicted molar refractivity (Wildman–Crippen MR) is 53.3 cm³/mol. The fourth-order valence-electron chi connectivity index (χ4n) is 1.32. The molecule has 2 atom stereocenters. The molecule has 0 bridgehead atoms. The lowest BCUT2D eigenvalue weighted by Crippen LogP contribution is -2.36. The molecule has 0 aromatic rings. The van der Waals surface area contributed by atoms with E-state index in [2.05, 4.69) is 19.2 Å². The van der Waals surface area contributed by atoms with Crippen LogP contribution in [0.4, 0.5) is 0 Å². The second kappa shape index (κ2) is 7.56. The van der Waals surface area contributed by atoms with Gasteiger partial charge >= 0.3 is 0 Å². The summed E-state index contributed by atoms with van der Waals surface area (Å²) < 4.78 is 0. The molecule has 0 rings (SSSR count). The molecule has 0 aliphatic carbocycles. The van der Waals surface area contributed by atoms with Crippen molar-refractivity contribution in [2.45, 2.75) is 58.5 Å². The van der Waals surface area contributed by atoms with E-state index in [1.165, 1.54) is 25.7 Å². The molecule has 2 nitrogen and oxygen atoms in total. The molecule has 0 aromatic heterocycles. The van der Waals surface area contributed by atoms with Crippen molar-refractivity contribution >= 4 is 0 Å². The van der Waals surface area contributed by atoms with Gasteiger partial charge in [0.25, 0.3) is 0 Å². The van der Waals surface area contributed by atoms with Crippen molar-refractivity contribution in [1.29, 1.82) is 0 Å². The number of aliphatic hydroxyl groups is 1. The van der Waals surface area contributed by atoms with Gasteiger partial charge in [-0.15, -0.1) is 0 Å². The monoisotopic (exact) mass is 173 g/mol. The summed E-state index contributed by atoms with van der Waals surface area (Å²) in [5.41, 5.74) is 0. The zero-order chi connectivity index (χ0) is 9.40. The van der Waals surface area contributed by atoms with Crippen LogP contribution in [0.5, 0.6) is 0 Å². The lowest BCUT2D eigenvalue weighted by molar-refractivity contribution is 0.240. The molecule has 12 heavy (non-hydrogen) atoms. The highest BCUT2D eigenvalue weighted by atomic mass is 16.3. The van der Waals surface area contributed by atoms with Crippen molar-refractivity contribution < 1.29 is 5.11 Å². The first-order chi connectivity index (χ1) is 5.70. The molecule has 0 saturated carbocycles. The van der Waals surface area contributed by atoms with Gasteiger partial charge in [-0.25, -0.2) is 0 Å². The molecular formula is C10H23NO. The first-order valence-corrected chi connectivity index (χ1v) is 5.07. The van der Waals surface area contributed by atoms with Gasteiger partial charge in [-0.1, -0.05) is 26.2 Å². The summed E-state index contributed by atoms with van der Waals surface area (Å²) in [6.45, 7) is 6.64. The van der Waals surface area contributed by atoms with E-state index in [0.717, 1.165) is 0 Å². The molecule has 0 saturated heterocycles. The zero-order valence-electron chi connectivity index (χ0n) is 8.64. The van der Waals surface area contributed by atoms with Crippen molar-refractivity contribution in [3.05, 3.63) is 0 Å². The Balaban J connectivity index is 3.26. The summed E-state index contributed by atoms with van der Waals surface area (Å²) in [5.74, 6) is 0. The molecule has 0 unspecified atom stereocenters. The average molecular weight is 173 g/mol. The molecule has 0 fully saturated rings. The topological polar surface area (TPSA) is 32.3 Å². The van der Waals surface area contributed by atoms with Gasteiger partial charge in [0.1, 0.15) is 0 Å². The summed E-state index contributed by atoms with van der Waals surface area (Å²) >= 11 is 0. The molecule has 74 valence electrons. The van der Waals surface area contributed by atoms with E-state index in [1.54, 1.807) is 0 Å². The SMILES string of the molecule is CCCCC[C@H](C)N[C@@H](C)CO. The lowest BCUT2D eigenvalue weighted by atomic mass is 10.1. The van der Waals surface area contributed by atoms with E-state index in [4.69, 9.17) is 5.11 Å². The maximum absolute atomic E-state index is 8.79. The minimum absolute atomic E-state index is 0.234. The standard InChI is InChI=1S/C10H23NO/c1-4-5-6-7-9(2)11-10(3)8-12/h9-12H,4-8H2,1-3H3/t9-,10-/m0/s1. The molecule has 0 aliphatic rings. The number of hydrogen-bond donors (Lipinski definition) is 2. The van der Waals surface area contributed by atoms with E-state index >= 15 is 0 Å². The van der Waals surface area contributed by atoms with Gasteiger partial charge in [-0.05, 0) is 20.3 Å². The minimum atomic E-state index is 0.234. The van der Waals surface area contributed by atoms with Crippen molar-refractivity contribution in [1.82, 2.24) is 5.32 Å². The number of aliphatic hydroxyl groups excluding tert-OH is 1. The zero-order valence-corrected chi connectivity index (χ0v) is 8.64. The second-order valence-electron chi connectivity index (χ2n) is 3.65. The van der Waals surface area contributed by atoms with E-state index in [0.29, 0.717) is 6.04 Å². The summed E-state index contributed by atoms with van der Waals surface area (Å²) in [4.78, 5) is 0. The molecule has 0 radical (unpaired) electrons.